The lowest BCUT2D eigenvalue weighted by Crippen LogP contribution is -2.38. The third kappa shape index (κ3) is 2.23. The largest absolute Gasteiger partial charge is 0.374 e. The van der Waals surface area contributed by atoms with Gasteiger partial charge in [0, 0.05) is 65.5 Å². The Morgan fingerprint density at radius 2 is 2.19 bits per heavy atom. The van der Waals surface area contributed by atoms with Gasteiger partial charge in [-0.2, -0.15) is 0 Å². The van der Waals surface area contributed by atoms with Gasteiger partial charge in [-0.3, -0.25) is 0 Å². The van der Waals surface area contributed by atoms with Crippen molar-refractivity contribution in [3.8, 4) is 0 Å². The van der Waals surface area contributed by atoms with Gasteiger partial charge in [-0.05, 0) is 39.2 Å². The summed E-state index contributed by atoms with van der Waals surface area (Å²) in [5.74, 6) is 1.13. The van der Waals surface area contributed by atoms with Crippen LogP contribution in [0.2, 0.25) is 0 Å². The first kappa shape index (κ1) is 13.8. The second-order valence-electron chi connectivity index (χ2n) is 6.43. The van der Waals surface area contributed by atoms with Gasteiger partial charge in [-0.25, -0.2) is 0 Å². The summed E-state index contributed by atoms with van der Waals surface area (Å²) in [5, 5.41) is 3.75. The minimum absolute atomic E-state index is 0.673. The van der Waals surface area contributed by atoms with Crippen LogP contribution in [0.1, 0.15) is 33.1 Å². The number of nitrogens with zero attached hydrogens (tertiary/aromatic N) is 2. The SMILES string of the molecule is CCN(CC)C1=C2C=CN([C@@H]3C[C@H]4CC[C@@H]3N4)C=C2SC1. The summed E-state index contributed by atoms with van der Waals surface area (Å²) >= 11 is 2.01. The van der Waals surface area contributed by atoms with Crippen LogP contribution in [0.4, 0.5) is 0 Å². The number of rotatable bonds is 4. The number of hydrogen-bond acceptors (Lipinski definition) is 4. The van der Waals surface area contributed by atoms with Gasteiger partial charge in [0.1, 0.15) is 0 Å². The summed E-state index contributed by atoms with van der Waals surface area (Å²) in [6.07, 6.45) is 11.1. The fraction of sp³-hybridized carbons (Fsp3) is 0.647. The third-order valence-electron chi connectivity index (χ3n) is 5.41. The molecule has 0 saturated carbocycles. The van der Waals surface area contributed by atoms with E-state index in [4.69, 9.17) is 0 Å². The molecule has 114 valence electrons. The van der Waals surface area contributed by atoms with Crippen LogP contribution in [0.5, 0.6) is 0 Å². The molecule has 4 heteroatoms. The van der Waals surface area contributed by atoms with Crippen LogP contribution in [0.15, 0.2) is 34.7 Å². The van der Waals surface area contributed by atoms with Crippen molar-refractivity contribution >= 4 is 11.8 Å². The van der Waals surface area contributed by atoms with Crippen LogP contribution in [0.25, 0.3) is 0 Å². The monoisotopic (exact) mass is 303 g/mol. The average molecular weight is 303 g/mol. The number of nitrogens with one attached hydrogen (secondary N) is 1. The number of fused-ring (bicyclic) bond motifs is 3. The second kappa shape index (κ2) is 5.40. The van der Waals surface area contributed by atoms with Crippen LogP contribution in [0, 0.1) is 0 Å². The van der Waals surface area contributed by atoms with Crippen LogP contribution in [-0.4, -0.2) is 46.8 Å². The molecule has 1 N–H and O–H groups in total. The molecule has 2 saturated heterocycles. The lowest BCUT2D eigenvalue weighted by molar-refractivity contribution is 0.302. The topological polar surface area (TPSA) is 18.5 Å². The van der Waals surface area contributed by atoms with E-state index in [-0.39, 0.29) is 0 Å². The molecule has 0 aromatic carbocycles. The predicted octanol–water partition coefficient (Wildman–Crippen LogP) is 2.89. The Bertz CT molecular complexity index is 518. The van der Waals surface area contributed by atoms with Gasteiger partial charge in [0.2, 0.25) is 0 Å². The first-order valence-electron chi connectivity index (χ1n) is 8.35. The van der Waals surface area contributed by atoms with Crippen LogP contribution in [0.3, 0.4) is 0 Å². The smallest absolute Gasteiger partial charge is 0.0499 e. The van der Waals surface area contributed by atoms with Gasteiger partial charge >= 0.3 is 0 Å². The Balaban J connectivity index is 1.56. The van der Waals surface area contributed by atoms with Crippen molar-refractivity contribution in [1.82, 2.24) is 15.1 Å². The zero-order chi connectivity index (χ0) is 14.4. The maximum absolute atomic E-state index is 3.75. The fourth-order valence-corrected chi connectivity index (χ4v) is 5.43. The molecule has 3 nitrogen and oxygen atoms in total. The molecule has 0 amide bonds. The van der Waals surface area contributed by atoms with E-state index in [0.29, 0.717) is 12.1 Å². The average Bonchev–Trinajstić information content (AvgIpc) is 3.23. The van der Waals surface area contributed by atoms with E-state index >= 15 is 0 Å². The normalized spacial score (nSPS) is 33.7. The highest BCUT2D eigenvalue weighted by atomic mass is 32.2. The summed E-state index contributed by atoms with van der Waals surface area (Å²) in [7, 11) is 0. The number of thioether (sulfide) groups is 1. The van der Waals surface area contributed by atoms with Crippen molar-refractivity contribution in [2.75, 3.05) is 18.8 Å². The molecular weight excluding hydrogens is 278 g/mol. The van der Waals surface area contributed by atoms with Crippen molar-refractivity contribution in [2.45, 2.75) is 51.2 Å². The van der Waals surface area contributed by atoms with E-state index in [1.54, 1.807) is 0 Å². The van der Waals surface area contributed by atoms with Gasteiger partial charge in [0.25, 0.3) is 0 Å². The first-order chi connectivity index (χ1) is 10.3. The zero-order valence-electron chi connectivity index (χ0n) is 13.0. The number of hydrogen-bond donors (Lipinski definition) is 1. The Hall–Kier alpha value is -0.870. The van der Waals surface area contributed by atoms with E-state index in [2.05, 4.69) is 47.4 Å². The summed E-state index contributed by atoms with van der Waals surface area (Å²) in [6, 6.07) is 2.15. The van der Waals surface area contributed by atoms with E-state index in [9.17, 15) is 0 Å². The minimum atomic E-state index is 0.673. The molecule has 0 aromatic heterocycles. The molecule has 0 spiro atoms. The lowest BCUT2D eigenvalue weighted by atomic mass is 9.94. The maximum atomic E-state index is 3.75. The van der Waals surface area contributed by atoms with Crippen LogP contribution in [-0.2, 0) is 0 Å². The van der Waals surface area contributed by atoms with Gasteiger partial charge in [-0.1, -0.05) is 0 Å². The quantitative estimate of drug-likeness (QED) is 0.860. The van der Waals surface area contributed by atoms with Gasteiger partial charge in [-0.15, -0.1) is 11.8 Å². The Morgan fingerprint density at radius 3 is 2.86 bits per heavy atom. The summed E-state index contributed by atoms with van der Waals surface area (Å²) in [4.78, 5) is 6.46. The molecule has 4 aliphatic heterocycles. The van der Waals surface area contributed by atoms with E-state index in [0.717, 1.165) is 24.9 Å². The maximum Gasteiger partial charge on any atom is 0.0499 e. The molecule has 2 fully saturated rings. The van der Waals surface area contributed by atoms with Gasteiger partial charge in [0.05, 0.1) is 0 Å². The third-order valence-corrected chi connectivity index (χ3v) is 6.47. The van der Waals surface area contributed by atoms with Gasteiger partial charge < -0.3 is 15.1 Å². The first-order valence-corrected chi connectivity index (χ1v) is 9.33. The van der Waals surface area contributed by atoms with Crippen molar-refractivity contribution < 1.29 is 0 Å². The molecule has 4 rings (SSSR count). The lowest BCUT2D eigenvalue weighted by Gasteiger charge is -2.32. The van der Waals surface area contributed by atoms with Crippen LogP contribution >= 0.6 is 11.8 Å². The molecule has 0 aromatic rings. The van der Waals surface area contributed by atoms with E-state index < -0.39 is 0 Å². The molecular formula is C17H25N3S. The molecule has 4 heterocycles. The standard InChI is InChI=1S/C17H25N3S/c1-3-19(4-2)16-11-21-17-10-20(8-7-13(16)17)15-9-12-5-6-14(15)18-12/h7-8,10,12,14-15,18H,3-6,9,11H2,1-2H3/t12-,14+,15-/m1/s1. The van der Waals surface area contributed by atoms with E-state index in [1.165, 1.54) is 35.4 Å². The summed E-state index contributed by atoms with van der Waals surface area (Å²) < 4.78 is 0. The molecule has 4 aliphatic rings. The second-order valence-corrected chi connectivity index (χ2v) is 7.45. The molecule has 2 bridgehead atoms. The fourth-order valence-electron chi connectivity index (χ4n) is 4.27. The van der Waals surface area contributed by atoms with Crippen molar-refractivity contribution in [3.63, 3.8) is 0 Å². The molecule has 3 atom stereocenters. The minimum Gasteiger partial charge on any atom is -0.374 e. The molecule has 0 unspecified atom stereocenters. The highest BCUT2D eigenvalue weighted by molar-refractivity contribution is 8.03. The van der Waals surface area contributed by atoms with E-state index in [1.807, 2.05) is 11.8 Å². The predicted molar refractivity (Wildman–Crippen MR) is 89.8 cm³/mol. The molecule has 0 aliphatic carbocycles. The highest BCUT2D eigenvalue weighted by Gasteiger charge is 2.41. The van der Waals surface area contributed by atoms with Crippen LogP contribution < -0.4 is 5.32 Å². The highest BCUT2D eigenvalue weighted by Crippen LogP contribution is 2.42. The molecule has 0 radical (unpaired) electrons. The molecule has 21 heavy (non-hydrogen) atoms. The summed E-state index contributed by atoms with van der Waals surface area (Å²) in [6.45, 7) is 6.72. The van der Waals surface area contributed by atoms with Crippen molar-refractivity contribution in [3.05, 3.63) is 34.7 Å². The summed E-state index contributed by atoms with van der Waals surface area (Å²) in [5.41, 5.74) is 2.99. The van der Waals surface area contributed by atoms with Gasteiger partial charge in [0.15, 0.2) is 0 Å². The Morgan fingerprint density at radius 1 is 1.33 bits per heavy atom. The van der Waals surface area contributed by atoms with Crippen molar-refractivity contribution in [1.29, 1.82) is 0 Å². The Kier molecular flexibility index (Phi) is 3.54. The Labute approximate surface area is 132 Å². The number of allylic oxidation sites excluding steroid dienone is 2. The zero-order valence-corrected chi connectivity index (χ0v) is 13.8. The van der Waals surface area contributed by atoms with Crippen molar-refractivity contribution in [2.24, 2.45) is 0 Å².